The second kappa shape index (κ2) is 8.75. The van der Waals surface area contributed by atoms with Crippen molar-refractivity contribution in [2.45, 2.75) is 24.9 Å². The fourth-order valence-electron chi connectivity index (χ4n) is 2.24. The van der Waals surface area contributed by atoms with Gasteiger partial charge in [0.2, 0.25) is 5.91 Å². The second-order valence-electron chi connectivity index (χ2n) is 5.89. The standard InChI is InChI=1S/C19H24N2OS/c1-15-6-4-5-7-18(15)23-14-19(22)20-12-16-8-10-17(11-9-16)13-21(2)3/h4-11H,12-14H2,1-3H3,(H,20,22). The lowest BCUT2D eigenvalue weighted by atomic mass is 10.1. The van der Waals surface area contributed by atoms with Crippen LogP contribution in [0.2, 0.25) is 0 Å². The molecule has 0 fully saturated rings. The van der Waals surface area contributed by atoms with Crippen molar-refractivity contribution in [3.8, 4) is 0 Å². The molecule has 0 saturated carbocycles. The molecule has 0 saturated heterocycles. The minimum atomic E-state index is 0.0654. The van der Waals surface area contributed by atoms with Gasteiger partial charge >= 0.3 is 0 Å². The van der Waals surface area contributed by atoms with Crippen molar-refractivity contribution in [3.63, 3.8) is 0 Å². The SMILES string of the molecule is Cc1ccccc1SCC(=O)NCc1ccc(CN(C)C)cc1. The first-order valence-electron chi connectivity index (χ1n) is 7.72. The molecule has 4 heteroatoms. The van der Waals surface area contributed by atoms with Crippen LogP contribution in [0.15, 0.2) is 53.4 Å². The number of hydrogen-bond acceptors (Lipinski definition) is 3. The summed E-state index contributed by atoms with van der Waals surface area (Å²) >= 11 is 1.58. The third-order valence-corrected chi connectivity index (χ3v) is 4.64. The number of aryl methyl sites for hydroxylation is 1. The van der Waals surface area contributed by atoms with Crippen LogP contribution in [-0.4, -0.2) is 30.7 Å². The fraction of sp³-hybridized carbons (Fsp3) is 0.316. The summed E-state index contributed by atoms with van der Waals surface area (Å²) in [4.78, 5) is 15.3. The van der Waals surface area contributed by atoms with Gasteiger partial charge in [-0.05, 0) is 43.8 Å². The maximum absolute atomic E-state index is 12.0. The van der Waals surface area contributed by atoms with Crippen LogP contribution in [0.25, 0.3) is 0 Å². The predicted molar refractivity (Wildman–Crippen MR) is 97.6 cm³/mol. The van der Waals surface area contributed by atoms with Crippen molar-refractivity contribution in [3.05, 3.63) is 65.2 Å². The first-order valence-corrected chi connectivity index (χ1v) is 8.71. The summed E-state index contributed by atoms with van der Waals surface area (Å²) in [6, 6.07) is 16.5. The number of carbonyl (C=O) groups excluding carboxylic acids is 1. The molecule has 0 radical (unpaired) electrons. The van der Waals surface area contributed by atoms with Crippen LogP contribution >= 0.6 is 11.8 Å². The van der Waals surface area contributed by atoms with Gasteiger partial charge in [-0.15, -0.1) is 11.8 Å². The minimum absolute atomic E-state index is 0.0654. The Hall–Kier alpha value is -1.78. The molecule has 0 atom stereocenters. The van der Waals surface area contributed by atoms with E-state index in [1.807, 2.05) is 12.1 Å². The second-order valence-corrected chi connectivity index (χ2v) is 6.90. The largest absolute Gasteiger partial charge is 0.351 e. The Morgan fingerprint density at radius 3 is 2.35 bits per heavy atom. The van der Waals surface area contributed by atoms with Gasteiger partial charge < -0.3 is 10.2 Å². The third-order valence-electron chi connectivity index (χ3n) is 3.46. The van der Waals surface area contributed by atoms with Gasteiger partial charge in [0.05, 0.1) is 5.75 Å². The number of rotatable bonds is 7. The van der Waals surface area contributed by atoms with Crippen LogP contribution in [0.5, 0.6) is 0 Å². The molecule has 2 aromatic rings. The highest BCUT2D eigenvalue weighted by atomic mass is 32.2. The summed E-state index contributed by atoms with van der Waals surface area (Å²) in [6.07, 6.45) is 0. The van der Waals surface area contributed by atoms with E-state index >= 15 is 0 Å². The predicted octanol–water partition coefficient (Wildman–Crippen LogP) is 3.47. The minimum Gasteiger partial charge on any atom is -0.351 e. The fourth-order valence-corrected chi connectivity index (χ4v) is 3.10. The topological polar surface area (TPSA) is 32.3 Å². The number of benzene rings is 2. The van der Waals surface area contributed by atoms with Gasteiger partial charge in [-0.2, -0.15) is 0 Å². The Balaban J connectivity index is 1.77. The van der Waals surface area contributed by atoms with Gasteiger partial charge in [-0.3, -0.25) is 4.79 Å². The van der Waals surface area contributed by atoms with Crippen LogP contribution in [0.4, 0.5) is 0 Å². The van der Waals surface area contributed by atoms with Crippen LogP contribution < -0.4 is 5.32 Å². The Bertz CT molecular complexity index is 638. The van der Waals surface area contributed by atoms with Gasteiger partial charge in [0.15, 0.2) is 0 Å². The monoisotopic (exact) mass is 328 g/mol. The van der Waals surface area contributed by atoms with Crippen LogP contribution in [0.3, 0.4) is 0 Å². The molecule has 2 rings (SSSR count). The van der Waals surface area contributed by atoms with E-state index in [0.29, 0.717) is 12.3 Å². The lowest BCUT2D eigenvalue weighted by Crippen LogP contribution is -2.24. The van der Waals surface area contributed by atoms with Gasteiger partial charge in [0, 0.05) is 18.0 Å². The zero-order valence-electron chi connectivity index (χ0n) is 14.0. The molecule has 0 unspecified atom stereocenters. The Morgan fingerprint density at radius 2 is 1.70 bits per heavy atom. The van der Waals surface area contributed by atoms with Crippen molar-refractivity contribution in [2.75, 3.05) is 19.8 Å². The average Bonchev–Trinajstić information content (AvgIpc) is 2.53. The molecular weight excluding hydrogens is 304 g/mol. The molecule has 0 aliphatic heterocycles. The molecule has 0 aromatic heterocycles. The first kappa shape index (κ1) is 17.6. The third kappa shape index (κ3) is 6.08. The lowest BCUT2D eigenvalue weighted by molar-refractivity contribution is -0.118. The highest BCUT2D eigenvalue weighted by Gasteiger charge is 2.05. The molecule has 1 N–H and O–H groups in total. The molecule has 122 valence electrons. The van der Waals surface area contributed by atoms with E-state index in [1.54, 1.807) is 11.8 Å². The molecule has 0 heterocycles. The summed E-state index contributed by atoms with van der Waals surface area (Å²) < 4.78 is 0. The number of nitrogens with one attached hydrogen (secondary N) is 1. The van der Waals surface area contributed by atoms with Crippen LogP contribution in [-0.2, 0) is 17.9 Å². The number of hydrogen-bond donors (Lipinski definition) is 1. The highest BCUT2D eigenvalue weighted by Crippen LogP contribution is 2.21. The van der Waals surface area contributed by atoms with E-state index < -0.39 is 0 Å². The molecule has 0 aliphatic rings. The Labute approximate surface area is 143 Å². The number of thioether (sulfide) groups is 1. The molecule has 1 amide bonds. The van der Waals surface area contributed by atoms with Gasteiger partial charge in [0.25, 0.3) is 0 Å². The molecule has 23 heavy (non-hydrogen) atoms. The van der Waals surface area contributed by atoms with Crippen molar-refractivity contribution in [1.82, 2.24) is 10.2 Å². The highest BCUT2D eigenvalue weighted by molar-refractivity contribution is 8.00. The number of nitrogens with zero attached hydrogens (tertiary/aromatic N) is 1. The summed E-state index contributed by atoms with van der Waals surface area (Å²) in [6.45, 7) is 3.57. The van der Waals surface area contributed by atoms with Crippen molar-refractivity contribution >= 4 is 17.7 Å². The molecular formula is C19H24N2OS. The van der Waals surface area contributed by atoms with E-state index in [0.717, 1.165) is 17.0 Å². The Morgan fingerprint density at radius 1 is 1.04 bits per heavy atom. The maximum Gasteiger partial charge on any atom is 0.230 e. The van der Waals surface area contributed by atoms with Crippen molar-refractivity contribution in [1.29, 1.82) is 0 Å². The quantitative estimate of drug-likeness (QED) is 0.790. The normalized spacial score (nSPS) is 10.8. The van der Waals surface area contributed by atoms with Crippen LogP contribution in [0.1, 0.15) is 16.7 Å². The average molecular weight is 328 g/mol. The molecule has 3 nitrogen and oxygen atoms in total. The van der Waals surface area contributed by atoms with Crippen LogP contribution in [0, 0.1) is 6.92 Å². The van der Waals surface area contributed by atoms with Gasteiger partial charge in [0.1, 0.15) is 0 Å². The van der Waals surface area contributed by atoms with E-state index in [9.17, 15) is 4.79 Å². The molecule has 0 bridgehead atoms. The molecule has 0 spiro atoms. The first-order chi connectivity index (χ1) is 11.0. The summed E-state index contributed by atoms with van der Waals surface area (Å²) in [5, 5.41) is 2.98. The van der Waals surface area contributed by atoms with Crippen molar-refractivity contribution in [2.24, 2.45) is 0 Å². The van der Waals surface area contributed by atoms with E-state index in [1.165, 1.54) is 11.1 Å². The van der Waals surface area contributed by atoms with E-state index in [-0.39, 0.29) is 5.91 Å². The molecule has 0 aliphatic carbocycles. The summed E-state index contributed by atoms with van der Waals surface area (Å²) in [7, 11) is 4.11. The zero-order chi connectivity index (χ0) is 16.7. The number of carbonyl (C=O) groups is 1. The maximum atomic E-state index is 12.0. The summed E-state index contributed by atoms with van der Waals surface area (Å²) in [5.41, 5.74) is 3.61. The van der Waals surface area contributed by atoms with E-state index in [2.05, 4.69) is 67.6 Å². The van der Waals surface area contributed by atoms with E-state index in [4.69, 9.17) is 0 Å². The van der Waals surface area contributed by atoms with Gasteiger partial charge in [-0.1, -0.05) is 42.5 Å². The lowest BCUT2D eigenvalue weighted by Gasteiger charge is -2.10. The molecule has 2 aromatic carbocycles. The van der Waals surface area contributed by atoms with Crippen molar-refractivity contribution < 1.29 is 4.79 Å². The van der Waals surface area contributed by atoms with Gasteiger partial charge in [-0.25, -0.2) is 0 Å². The number of amides is 1. The summed E-state index contributed by atoms with van der Waals surface area (Å²) in [5.74, 6) is 0.513. The smallest absolute Gasteiger partial charge is 0.230 e. The Kier molecular flexibility index (Phi) is 6.68. The zero-order valence-corrected chi connectivity index (χ0v) is 14.8.